The Balaban J connectivity index is 3.52. The largest absolute Gasteiger partial charge is 0.299 e. The summed E-state index contributed by atoms with van der Waals surface area (Å²) < 4.78 is 0. The van der Waals surface area contributed by atoms with Gasteiger partial charge in [0, 0.05) is 0 Å². The second-order valence-electron chi connectivity index (χ2n) is 4.91. The highest BCUT2D eigenvalue weighted by atomic mass is 16.1. The minimum atomic E-state index is 0.858. The first-order valence-electron chi connectivity index (χ1n) is 7.66. The summed E-state index contributed by atoms with van der Waals surface area (Å²) in [6.07, 6.45) is 19.7. The van der Waals surface area contributed by atoms with E-state index in [1.165, 1.54) is 56.9 Å². The maximum Gasteiger partial charge on any atom is 0.142 e. The van der Waals surface area contributed by atoms with Gasteiger partial charge in [-0.15, -0.1) is 0 Å². The number of carbonyl (C=O) groups excluding carboxylic acids is 1. The zero-order valence-electron chi connectivity index (χ0n) is 12.3. The molecule has 1 nitrogen and oxygen atoms in total. The van der Waals surface area contributed by atoms with Crippen LogP contribution >= 0.6 is 0 Å². The zero-order valence-corrected chi connectivity index (χ0v) is 12.3. The van der Waals surface area contributed by atoms with Gasteiger partial charge in [-0.25, -0.2) is 0 Å². The molecule has 0 atom stereocenters. The minimum Gasteiger partial charge on any atom is -0.299 e. The van der Waals surface area contributed by atoms with Crippen LogP contribution in [0.5, 0.6) is 0 Å². The number of aldehydes is 1. The van der Waals surface area contributed by atoms with Crippen molar-refractivity contribution in [3.05, 3.63) is 23.8 Å². The van der Waals surface area contributed by atoms with Gasteiger partial charge < -0.3 is 0 Å². The highest BCUT2D eigenvalue weighted by Crippen LogP contribution is 2.14. The number of unbranched alkanes of at least 4 members (excludes halogenated alkanes) is 7. The van der Waals surface area contributed by atoms with Gasteiger partial charge in [-0.05, 0) is 25.3 Å². The molecule has 0 bridgehead atoms. The summed E-state index contributed by atoms with van der Waals surface area (Å²) in [4.78, 5) is 10.3. The lowest BCUT2D eigenvalue weighted by molar-refractivity contribution is -0.104. The molecule has 0 aromatic carbocycles. The van der Waals surface area contributed by atoms with E-state index in [0.717, 1.165) is 19.1 Å². The monoisotopic (exact) mass is 250 g/mol. The Bertz CT molecular complexity index is 238. The predicted molar refractivity (Wildman–Crippen MR) is 80.8 cm³/mol. The Morgan fingerprint density at radius 1 is 0.889 bits per heavy atom. The molecular weight excluding hydrogens is 220 g/mol. The molecule has 0 amide bonds. The molecule has 1 heteroatoms. The Kier molecular flexibility index (Phi) is 13.5. The molecule has 0 saturated carbocycles. The van der Waals surface area contributed by atoms with Gasteiger partial charge in [0.25, 0.3) is 0 Å². The third-order valence-corrected chi connectivity index (χ3v) is 3.17. The van der Waals surface area contributed by atoms with Gasteiger partial charge >= 0.3 is 0 Å². The number of allylic oxidation sites excluding steroid dienone is 4. The smallest absolute Gasteiger partial charge is 0.142 e. The Hall–Kier alpha value is -0.850. The molecule has 0 saturated heterocycles. The Morgan fingerprint density at radius 3 is 2.06 bits per heavy atom. The second kappa shape index (κ2) is 14.2. The molecule has 0 spiro atoms. The van der Waals surface area contributed by atoms with E-state index in [2.05, 4.69) is 19.9 Å². The fourth-order valence-electron chi connectivity index (χ4n) is 2.14. The standard InChI is InChI=1S/C17H30O/c1-3-5-6-7-8-9-10-11-14-17(13-4-2)15-12-16-18/h12-13,15-16H,3-11,14H2,1-2H3. The highest BCUT2D eigenvalue weighted by molar-refractivity contribution is 5.65. The molecule has 0 aliphatic carbocycles. The first kappa shape index (κ1) is 17.2. The fraction of sp³-hybridized carbons (Fsp3) is 0.706. The zero-order chi connectivity index (χ0) is 13.5. The Morgan fingerprint density at radius 2 is 1.50 bits per heavy atom. The molecule has 0 radical (unpaired) electrons. The van der Waals surface area contributed by atoms with Crippen LogP contribution in [0.25, 0.3) is 0 Å². The van der Waals surface area contributed by atoms with Crippen molar-refractivity contribution in [2.24, 2.45) is 0 Å². The predicted octanol–water partition coefficient (Wildman–Crippen LogP) is 5.61. The minimum absolute atomic E-state index is 0.858. The number of hydrogen-bond donors (Lipinski definition) is 0. The van der Waals surface area contributed by atoms with Crippen LogP contribution in [0.2, 0.25) is 0 Å². The molecule has 0 N–H and O–H groups in total. The summed E-state index contributed by atoms with van der Waals surface area (Å²) in [5.41, 5.74) is 1.32. The van der Waals surface area contributed by atoms with E-state index < -0.39 is 0 Å². The van der Waals surface area contributed by atoms with Crippen LogP contribution < -0.4 is 0 Å². The molecule has 0 unspecified atom stereocenters. The van der Waals surface area contributed by atoms with E-state index in [0.29, 0.717) is 0 Å². The Labute approximate surface area is 113 Å². The van der Waals surface area contributed by atoms with Crippen LogP contribution in [-0.4, -0.2) is 6.29 Å². The van der Waals surface area contributed by atoms with Gasteiger partial charge in [-0.1, -0.05) is 76.5 Å². The van der Waals surface area contributed by atoms with Crippen molar-refractivity contribution in [2.45, 2.75) is 78.1 Å². The molecule has 104 valence electrons. The molecule has 0 aliphatic rings. The van der Waals surface area contributed by atoms with Gasteiger partial charge in [0.15, 0.2) is 0 Å². The van der Waals surface area contributed by atoms with E-state index in [1.54, 1.807) is 6.08 Å². The molecule has 0 fully saturated rings. The van der Waals surface area contributed by atoms with Crippen LogP contribution in [0.4, 0.5) is 0 Å². The first-order valence-corrected chi connectivity index (χ1v) is 7.66. The van der Waals surface area contributed by atoms with Crippen molar-refractivity contribution in [2.75, 3.05) is 0 Å². The van der Waals surface area contributed by atoms with E-state index in [-0.39, 0.29) is 0 Å². The fourth-order valence-corrected chi connectivity index (χ4v) is 2.14. The van der Waals surface area contributed by atoms with Crippen molar-refractivity contribution in [3.63, 3.8) is 0 Å². The lowest BCUT2D eigenvalue weighted by Gasteiger charge is -2.03. The average molecular weight is 250 g/mol. The van der Waals surface area contributed by atoms with E-state index in [4.69, 9.17) is 0 Å². The summed E-state index contributed by atoms with van der Waals surface area (Å²) in [5, 5.41) is 0. The van der Waals surface area contributed by atoms with Crippen LogP contribution in [0.3, 0.4) is 0 Å². The molecule has 0 heterocycles. The maximum absolute atomic E-state index is 10.3. The van der Waals surface area contributed by atoms with Gasteiger partial charge in [-0.2, -0.15) is 0 Å². The molecule has 0 aromatic heterocycles. The molecular formula is C17H30O. The van der Waals surface area contributed by atoms with Gasteiger partial charge in [-0.3, -0.25) is 4.79 Å². The number of hydrogen-bond acceptors (Lipinski definition) is 1. The topological polar surface area (TPSA) is 17.1 Å². The quantitative estimate of drug-likeness (QED) is 0.190. The summed E-state index contributed by atoms with van der Waals surface area (Å²) in [7, 11) is 0. The van der Waals surface area contributed by atoms with E-state index in [1.807, 2.05) is 6.08 Å². The van der Waals surface area contributed by atoms with Crippen molar-refractivity contribution >= 4 is 6.29 Å². The highest BCUT2D eigenvalue weighted by Gasteiger charge is 1.94. The third-order valence-electron chi connectivity index (χ3n) is 3.17. The third kappa shape index (κ3) is 11.6. The maximum atomic E-state index is 10.3. The van der Waals surface area contributed by atoms with Crippen molar-refractivity contribution in [1.82, 2.24) is 0 Å². The molecule has 18 heavy (non-hydrogen) atoms. The lowest BCUT2D eigenvalue weighted by atomic mass is 10.0. The van der Waals surface area contributed by atoms with Crippen molar-refractivity contribution < 1.29 is 4.79 Å². The van der Waals surface area contributed by atoms with Crippen molar-refractivity contribution in [3.8, 4) is 0 Å². The summed E-state index contributed by atoms with van der Waals surface area (Å²) in [5.74, 6) is 0. The first-order chi connectivity index (χ1) is 8.85. The SMILES string of the molecule is CCC=C(C=CC=O)CCCCCCCCCC. The summed E-state index contributed by atoms with van der Waals surface area (Å²) >= 11 is 0. The normalized spacial score (nSPS) is 12.2. The number of rotatable bonds is 12. The molecule has 0 rings (SSSR count). The van der Waals surface area contributed by atoms with Gasteiger partial charge in [0.05, 0.1) is 0 Å². The van der Waals surface area contributed by atoms with Crippen LogP contribution in [0.1, 0.15) is 78.1 Å². The van der Waals surface area contributed by atoms with Crippen molar-refractivity contribution in [1.29, 1.82) is 0 Å². The molecule has 0 aliphatic heterocycles. The summed E-state index contributed by atoms with van der Waals surface area (Å²) in [6, 6.07) is 0. The van der Waals surface area contributed by atoms with E-state index >= 15 is 0 Å². The molecule has 0 aromatic rings. The average Bonchev–Trinajstić information content (AvgIpc) is 2.39. The van der Waals surface area contributed by atoms with Crippen LogP contribution in [0, 0.1) is 0 Å². The van der Waals surface area contributed by atoms with Gasteiger partial charge in [0.2, 0.25) is 0 Å². The van der Waals surface area contributed by atoms with E-state index in [9.17, 15) is 4.79 Å². The summed E-state index contributed by atoms with van der Waals surface area (Å²) in [6.45, 7) is 4.40. The second-order valence-corrected chi connectivity index (χ2v) is 4.91. The number of carbonyl (C=O) groups is 1. The van der Waals surface area contributed by atoms with Gasteiger partial charge in [0.1, 0.15) is 6.29 Å². The van der Waals surface area contributed by atoms with Crippen LogP contribution in [0.15, 0.2) is 23.8 Å². The van der Waals surface area contributed by atoms with Crippen LogP contribution in [-0.2, 0) is 4.79 Å². The lowest BCUT2D eigenvalue weighted by Crippen LogP contribution is -1.84.